The largest absolute Gasteiger partial charge is 0.490 e. The molecule has 1 fully saturated rings. The molecule has 0 aliphatic carbocycles. The molecule has 0 aromatic carbocycles. The van der Waals surface area contributed by atoms with Gasteiger partial charge in [-0.15, -0.1) is 0 Å². The quantitative estimate of drug-likeness (QED) is 0.746. The van der Waals surface area contributed by atoms with Crippen LogP contribution in [0.25, 0.3) is 0 Å². The second kappa shape index (κ2) is 5.85. The topological polar surface area (TPSA) is 101 Å². The monoisotopic (exact) mass is 292 g/mol. The number of carboxylic acids is 1. The lowest BCUT2D eigenvalue weighted by atomic mass is 10.2. The summed E-state index contributed by atoms with van der Waals surface area (Å²) in [6, 6.07) is 0.0449. The number of carbonyl (C=O) groups is 1. The van der Waals surface area contributed by atoms with E-state index >= 15 is 0 Å². The van der Waals surface area contributed by atoms with E-state index in [1.54, 1.807) is 13.8 Å². The van der Waals surface area contributed by atoms with E-state index in [1.165, 1.54) is 4.31 Å². The maximum Gasteiger partial charge on any atom is 0.490 e. The molecule has 1 aliphatic rings. The van der Waals surface area contributed by atoms with Crippen LogP contribution in [0.15, 0.2) is 0 Å². The Hall–Kier alpha value is -0.870. The van der Waals surface area contributed by atoms with E-state index in [9.17, 15) is 21.6 Å². The minimum absolute atomic E-state index is 0.0449. The van der Waals surface area contributed by atoms with Crippen LogP contribution in [0.2, 0.25) is 0 Å². The Morgan fingerprint density at radius 1 is 1.39 bits per heavy atom. The second-order valence-corrected chi connectivity index (χ2v) is 6.46. The molecule has 0 unspecified atom stereocenters. The highest BCUT2D eigenvalue weighted by atomic mass is 32.2. The average Bonchev–Trinajstić information content (AvgIpc) is 2.12. The zero-order valence-electron chi connectivity index (χ0n) is 9.81. The number of hydrogen-bond donors (Lipinski definition) is 2. The van der Waals surface area contributed by atoms with Crippen LogP contribution in [0.5, 0.6) is 0 Å². The molecule has 0 bridgehead atoms. The lowest BCUT2D eigenvalue weighted by Gasteiger charge is -2.36. The minimum atomic E-state index is -5.08. The molecule has 0 saturated carbocycles. The van der Waals surface area contributed by atoms with Crippen LogP contribution in [-0.2, 0) is 14.8 Å². The molecule has 3 N–H and O–H groups in total. The van der Waals surface area contributed by atoms with Crippen LogP contribution in [0.4, 0.5) is 13.2 Å². The molecule has 0 spiro atoms. The summed E-state index contributed by atoms with van der Waals surface area (Å²) >= 11 is 0. The predicted molar refractivity (Wildman–Crippen MR) is 57.3 cm³/mol. The highest BCUT2D eigenvalue weighted by Crippen LogP contribution is 2.15. The number of alkyl halides is 3. The number of hydrogen-bond acceptors (Lipinski definition) is 4. The molecule has 1 heterocycles. The van der Waals surface area contributed by atoms with Crippen molar-refractivity contribution in [1.29, 1.82) is 0 Å². The molecular formula is C8H15F3N2O4S. The summed E-state index contributed by atoms with van der Waals surface area (Å²) in [5.74, 6) is -2.76. The van der Waals surface area contributed by atoms with Crippen LogP contribution in [0.3, 0.4) is 0 Å². The van der Waals surface area contributed by atoms with Gasteiger partial charge in [0.1, 0.15) is 0 Å². The van der Waals surface area contributed by atoms with Gasteiger partial charge in [0, 0.05) is 19.1 Å². The molecular weight excluding hydrogens is 277 g/mol. The van der Waals surface area contributed by atoms with Crippen molar-refractivity contribution in [1.82, 2.24) is 4.31 Å². The second-order valence-electron chi connectivity index (χ2n) is 3.97. The number of carboxylic acid groups (broad SMARTS) is 1. The molecule has 10 heteroatoms. The Labute approximate surface area is 103 Å². The fraction of sp³-hybridized carbons (Fsp3) is 0.875. The maximum absolute atomic E-state index is 11.3. The van der Waals surface area contributed by atoms with E-state index in [0.717, 1.165) is 0 Å². The van der Waals surface area contributed by atoms with Gasteiger partial charge in [0.05, 0.1) is 5.25 Å². The van der Waals surface area contributed by atoms with Crippen molar-refractivity contribution in [3.63, 3.8) is 0 Å². The van der Waals surface area contributed by atoms with Crippen LogP contribution >= 0.6 is 0 Å². The first kappa shape index (κ1) is 17.1. The average molecular weight is 292 g/mol. The summed E-state index contributed by atoms with van der Waals surface area (Å²) in [6.07, 6.45) is -5.08. The van der Waals surface area contributed by atoms with Crippen molar-refractivity contribution in [2.24, 2.45) is 5.73 Å². The van der Waals surface area contributed by atoms with Gasteiger partial charge in [0.2, 0.25) is 10.0 Å². The van der Waals surface area contributed by atoms with E-state index in [1.807, 2.05) is 0 Å². The van der Waals surface area contributed by atoms with Crippen molar-refractivity contribution >= 4 is 16.0 Å². The standard InChI is InChI=1S/C6H14N2O2S.C2HF3O2/c1-5(2)11(9,10)8-3-6(7)4-8;3-2(4,5)1(6)7/h5-6H,3-4,7H2,1-2H3;(H,6,7). The number of nitrogens with zero attached hydrogens (tertiary/aromatic N) is 1. The van der Waals surface area contributed by atoms with Gasteiger partial charge in [-0.2, -0.15) is 17.5 Å². The third-order valence-electron chi connectivity index (χ3n) is 2.07. The van der Waals surface area contributed by atoms with Gasteiger partial charge >= 0.3 is 12.1 Å². The third-order valence-corrected chi connectivity index (χ3v) is 4.28. The van der Waals surface area contributed by atoms with E-state index in [2.05, 4.69) is 0 Å². The lowest BCUT2D eigenvalue weighted by molar-refractivity contribution is -0.192. The Bertz CT molecular complexity index is 388. The number of halogens is 3. The van der Waals surface area contributed by atoms with Crippen molar-refractivity contribution in [2.75, 3.05) is 13.1 Å². The van der Waals surface area contributed by atoms with Crippen molar-refractivity contribution in [2.45, 2.75) is 31.3 Å². The molecule has 108 valence electrons. The normalized spacial score (nSPS) is 17.9. The summed E-state index contributed by atoms with van der Waals surface area (Å²) in [5.41, 5.74) is 5.46. The summed E-state index contributed by atoms with van der Waals surface area (Å²) < 4.78 is 55.8. The number of sulfonamides is 1. The summed E-state index contributed by atoms with van der Waals surface area (Å²) in [6.45, 7) is 4.33. The molecule has 0 amide bonds. The van der Waals surface area contributed by atoms with Gasteiger partial charge in [-0.3, -0.25) is 0 Å². The summed E-state index contributed by atoms with van der Waals surface area (Å²) in [7, 11) is -3.02. The first-order valence-electron chi connectivity index (χ1n) is 4.93. The predicted octanol–water partition coefficient (Wildman–Crippen LogP) is 0.000800. The third kappa shape index (κ3) is 4.78. The molecule has 1 rings (SSSR count). The zero-order valence-corrected chi connectivity index (χ0v) is 10.6. The van der Waals surface area contributed by atoms with Gasteiger partial charge in [-0.1, -0.05) is 0 Å². The van der Waals surface area contributed by atoms with Crippen LogP contribution in [0, 0.1) is 0 Å². The Balaban J connectivity index is 0.000000360. The first-order chi connectivity index (χ1) is 7.89. The van der Waals surface area contributed by atoms with Gasteiger partial charge in [-0.25, -0.2) is 13.2 Å². The Morgan fingerprint density at radius 3 is 1.89 bits per heavy atom. The number of rotatable bonds is 2. The molecule has 0 radical (unpaired) electrons. The Morgan fingerprint density at radius 2 is 1.72 bits per heavy atom. The fourth-order valence-corrected chi connectivity index (χ4v) is 2.37. The molecule has 6 nitrogen and oxygen atoms in total. The van der Waals surface area contributed by atoms with E-state index in [4.69, 9.17) is 15.6 Å². The minimum Gasteiger partial charge on any atom is -0.475 e. The number of aliphatic carboxylic acids is 1. The first-order valence-corrected chi connectivity index (χ1v) is 6.44. The van der Waals surface area contributed by atoms with E-state index < -0.39 is 22.2 Å². The zero-order chi connectivity index (χ0) is 14.7. The summed E-state index contributed by atoms with van der Waals surface area (Å²) in [4.78, 5) is 8.90. The van der Waals surface area contributed by atoms with Gasteiger partial charge in [0.15, 0.2) is 0 Å². The summed E-state index contributed by atoms with van der Waals surface area (Å²) in [5, 5.41) is 6.80. The van der Waals surface area contributed by atoms with Gasteiger partial charge < -0.3 is 10.8 Å². The molecule has 0 aromatic heterocycles. The maximum atomic E-state index is 11.3. The molecule has 18 heavy (non-hydrogen) atoms. The Kier molecular flexibility index (Phi) is 5.56. The van der Waals surface area contributed by atoms with Crippen LogP contribution in [-0.4, -0.2) is 54.4 Å². The van der Waals surface area contributed by atoms with Crippen LogP contribution in [0.1, 0.15) is 13.8 Å². The van der Waals surface area contributed by atoms with Crippen molar-refractivity contribution in [3.05, 3.63) is 0 Å². The van der Waals surface area contributed by atoms with E-state index in [0.29, 0.717) is 13.1 Å². The highest BCUT2D eigenvalue weighted by Gasteiger charge is 2.38. The van der Waals surface area contributed by atoms with Gasteiger partial charge in [0.25, 0.3) is 0 Å². The number of nitrogens with two attached hydrogens (primary N) is 1. The fourth-order valence-electron chi connectivity index (χ4n) is 0.976. The van der Waals surface area contributed by atoms with Crippen LogP contribution < -0.4 is 5.73 Å². The molecule has 0 aromatic rings. The smallest absolute Gasteiger partial charge is 0.475 e. The van der Waals surface area contributed by atoms with Gasteiger partial charge in [-0.05, 0) is 13.8 Å². The molecule has 1 saturated heterocycles. The van der Waals surface area contributed by atoms with Crippen molar-refractivity contribution in [3.8, 4) is 0 Å². The van der Waals surface area contributed by atoms with E-state index in [-0.39, 0.29) is 11.3 Å². The molecule has 1 aliphatic heterocycles. The highest BCUT2D eigenvalue weighted by molar-refractivity contribution is 7.89. The SMILES string of the molecule is CC(C)S(=O)(=O)N1CC(N)C1.O=C(O)C(F)(F)F. The lowest BCUT2D eigenvalue weighted by Crippen LogP contribution is -2.59. The molecule has 0 atom stereocenters. The van der Waals surface area contributed by atoms with Crippen molar-refractivity contribution < 1.29 is 31.5 Å².